The second-order valence-corrected chi connectivity index (χ2v) is 20.5. The molecule has 0 aliphatic carbocycles. The predicted molar refractivity (Wildman–Crippen MR) is 288 cm³/mol. The van der Waals surface area contributed by atoms with Crippen LogP contribution in [0, 0.1) is 11.6 Å². The number of fused-ring (bicyclic) bond motifs is 2. The number of halogens is 4. The molecule has 76 heavy (non-hydrogen) atoms. The third-order valence-electron chi connectivity index (χ3n) is 13.2. The van der Waals surface area contributed by atoms with Crippen molar-refractivity contribution in [1.29, 1.82) is 0 Å². The number of aromatic nitrogens is 6. The maximum absolute atomic E-state index is 14.2. The summed E-state index contributed by atoms with van der Waals surface area (Å²) in [4.78, 5) is 73.1. The molecule has 1 N–H and O–H groups in total. The van der Waals surface area contributed by atoms with Crippen molar-refractivity contribution in [1.82, 2.24) is 33.7 Å². The molecule has 4 aromatic heterocycles. The fourth-order valence-corrected chi connectivity index (χ4v) is 9.89. The van der Waals surface area contributed by atoms with Crippen LogP contribution in [0.4, 0.5) is 25.2 Å². The monoisotopic (exact) mass is 1070 g/mol. The molecule has 4 aromatic carbocycles. The van der Waals surface area contributed by atoms with Crippen LogP contribution in [0.1, 0.15) is 79.8 Å². The van der Waals surface area contributed by atoms with Gasteiger partial charge in [-0.05, 0) is 81.1 Å². The van der Waals surface area contributed by atoms with Gasteiger partial charge < -0.3 is 19.2 Å². The van der Waals surface area contributed by atoms with Crippen LogP contribution in [-0.4, -0.2) is 82.8 Å². The van der Waals surface area contributed by atoms with E-state index in [1.54, 1.807) is 64.6 Å². The highest BCUT2D eigenvalue weighted by atomic mass is 35.5. The number of hydrogen-bond acceptors (Lipinski definition) is 9. The molecule has 0 bridgehead atoms. The molecule has 2 unspecified atom stereocenters. The largest absolute Gasteiger partial charge is 0.444 e. The third-order valence-corrected chi connectivity index (χ3v) is 13.9. The minimum atomic E-state index is -0.658. The van der Waals surface area contributed by atoms with E-state index in [0.29, 0.717) is 69.4 Å². The number of nitrogens with zero attached hydrogens (tertiary/aromatic N) is 9. The Morgan fingerprint density at radius 1 is 0.671 bits per heavy atom. The highest BCUT2D eigenvalue weighted by Crippen LogP contribution is 2.35. The first-order valence-electron chi connectivity index (χ1n) is 24.6. The standard InChI is InChI=1S/C32H27ClFN5O2.C24H27ClFN5O4/c1-37-16-17-38-30(32(37)41)26(19-23-18-24(34)12-14-27(23)33)31(36-38)39-25(13-15-28(39)40)20-35-29(21-8-4-2-5-9-21)22-10-6-3-7-11-22;1-24(2,3)35-23(34)27-13-16-6-8-19(32)31(16)21-17(12-14-11-15(26)5-7-18(14)25)20-22(33)29(4)9-10-30(20)28-21/h2-12,14,16-18,25H,13,15,19-20H2,1H3;5,7,9-11,16H,6,8,12-13H2,1-4H3,(H,27,34). The summed E-state index contributed by atoms with van der Waals surface area (Å²) in [7, 11) is 3.27. The molecule has 2 aliphatic rings. The average molecular weight is 1070 g/mol. The molecule has 392 valence electrons. The van der Waals surface area contributed by atoms with Gasteiger partial charge in [-0.3, -0.25) is 34.0 Å². The van der Waals surface area contributed by atoms with Crippen LogP contribution in [0.15, 0.2) is 136 Å². The van der Waals surface area contributed by atoms with Crippen LogP contribution in [0.25, 0.3) is 11.0 Å². The molecular weight excluding hydrogens is 1020 g/mol. The van der Waals surface area contributed by atoms with E-state index in [9.17, 15) is 32.8 Å². The Labute approximate surface area is 445 Å². The topological polar surface area (TPSA) is 170 Å². The Balaban J connectivity index is 0.000000188. The number of ether oxygens (including phenoxy) is 1. The van der Waals surface area contributed by atoms with Crippen LogP contribution in [0.2, 0.25) is 10.0 Å². The highest BCUT2D eigenvalue weighted by molar-refractivity contribution is 6.31. The first kappa shape index (κ1) is 52.9. The number of anilines is 2. The summed E-state index contributed by atoms with van der Waals surface area (Å²) < 4.78 is 39.3. The normalized spacial score (nSPS) is 15.6. The third kappa shape index (κ3) is 11.3. The zero-order valence-electron chi connectivity index (χ0n) is 42.3. The smallest absolute Gasteiger partial charge is 0.407 e. The number of aryl methyl sites for hydroxylation is 2. The summed E-state index contributed by atoms with van der Waals surface area (Å²) >= 11 is 12.8. The molecule has 3 amide bonds. The van der Waals surface area contributed by atoms with Crippen LogP contribution in [0.5, 0.6) is 0 Å². The van der Waals surface area contributed by atoms with Crippen molar-refractivity contribution in [3.05, 3.63) is 198 Å². The lowest BCUT2D eigenvalue weighted by atomic mass is 10.0. The lowest BCUT2D eigenvalue weighted by molar-refractivity contribution is -0.118. The van der Waals surface area contributed by atoms with Gasteiger partial charge in [0.1, 0.15) is 28.3 Å². The number of nitrogens with one attached hydrogen (secondary N) is 1. The number of carbonyl (C=O) groups excluding carboxylic acids is 3. The van der Waals surface area contributed by atoms with Crippen molar-refractivity contribution in [2.75, 3.05) is 22.9 Å². The first-order chi connectivity index (χ1) is 36.3. The Bertz CT molecular complexity index is 3620. The molecule has 2 atom stereocenters. The van der Waals surface area contributed by atoms with Gasteiger partial charge in [-0.25, -0.2) is 22.6 Å². The Kier molecular flexibility index (Phi) is 15.4. The molecule has 0 radical (unpaired) electrons. The SMILES string of the molecule is Cn1ccn2nc(N3C(=O)CCC3CN=C(c3ccccc3)c3ccccc3)c(Cc3cc(F)ccc3Cl)c2c1=O.Cn1ccn2nc(N3C(=O)CCC3CNC(=O)OC(C)(C)C)c(Cc3cc(F)ccc3Cl)c2c1=O. The minimum absolute atomic E-state index is 0.0880. The van der Waals surface area contributed by atoms with Gasteiger partial charge in [0.05, 0.1) is 24.3 Å². The fraction of sp³-hybridized carbons (Fsp3) is 0.286. The number of aliphatic imine (C=N–C) groups is 1. The molecule has 20 heteroatoms. The first-order valence-corrected chi connectivity index (χ1v) is 25.4. The maximum atomic E-state index is 14.2. The van der Waals surface area contributed by atoms with Crippen LogP contribution < -0.4 is 26.2 Å². The van der Waals surface area contributed by atoms with E-state index in [4.69, 9.17) is 38.0 Å². The average Bonchev–Trinajstić information content (AvgIpc) is 4.15. The van der Waals surface area contributed by atoms with Gasteiger partial charge in [0.2, 0.25) is 11.8 Å². The van der Waals surface area contributed by atoms with Crippen LogP contribution >= 0.6 is 23.2 Å². The van der Waals surface area contributed by atoms with Gasteiger partial charge in [0.15, 0.2) is 11.6 Å². The van der Waals surface area contributed by atoms with E-state index < -0.39 is 29.4 Å². The zero-order chi connectivity index (χ0) is 54.0. The second-order valence-electron chi connectivity index (χ2n) is 19.7. The van der Waals surface area contributed by atoms with E-state index in [2.05, 4.69) is 10.4 Å². The fourth-order valence-electron chi connectivity index (χ4n) is 9.52. The summed E-state index contributed by atoms with van der Waals surface area (Å²) in [5.74, 6) is -0.531. The van der Waals surface area contributed by atoms with E-state index in [1.807, 2.05) is 60.7 Å². The Morgan fingerprint density at radius 3 is 1.58 bits per heavy atom. The van der Waals surface area contributed by atoms with E-state index in [1.165, 1.54) is 59.5 Å². The Morgan fingerprint density at radius 2 is 1.12 bits per heavy atom. The molecule has 6 heterocycles. The van der Waals surface area contributed by atoms with Gasteiger partial charge >= 0.3 is 6.09 Å². The van der Waals surface area contributed by atoms with Gasteiger partial charge in [-0.1, -0.05) is 83.9 Å². The zero-order valence-corrected chi connectivity index (χ0v) is 43.9. The van der Waals surface area contributed by atoms with Crippen molar-refractivity contribution >= 4 is 69.5 Å². The number of amides is 3. The van der Waals surface area contributed by atoms with Gasteiger partial charge in [0.25, 0.3) is 11.1 Å². The molecule has 0 spiro atoms. The van der Waals surface area contributed by atoms with Crippen molar-refractivity contribution in [2.45, 2.75) is 77.0 Å². The van der Waals surface area contributed by atoms with Crippen LogP contribution in [0.3, 0.4) is 0 Å². The molecule has 2 fully saturated rings. The molecule has 0 saturated carbocycles. The van der Waals surface area contributed by atoms with E-state index >= 15 is 0 Å². The second kappa shape index (κ2) is 22.1. The summed E-state index contributed by atoms with van der Waals surface area (Å²) in [6.45, 7) is 5.78. The number of benzene rings is 4. The lowest BCUT2D eigenvalue weighted by Gasteiger charge is -2.25. The summed E-state index contributed by atoms with van der Waals surface area (Å²) in [5.41, 5.74) is 4.08. The lowest BCUT2D eigenvalue weighted by Crippen LogP contribution is -2.44. The maximum Gasteiger partial charge on any atom is 0.407 e. The summed E-state index contributed by atoms with van der Waals surface area (Å²) in [5, 5.41) is 12.7. The predicted octanol–water partition coefficient (Wildman–Crippen LogP) is 8.89. The van der Waals surface area contributed by atoms with Gasteiger partial charge in [-0.15, -0.1) is 10.2 Å². The quantitative estimate of drug-likeness (QED) is 0.118. The number of carbonyl (C=O) groups is 3. The van der Waals surface area contributed by atoms with Gasteiger partial charge in [-0.2, -0.15) is 0 Å². The Hall–Kier alpha value is -7.96. The van der Waals surface area contributed by atoms with Crippen molar-refractivity contribution in [3.63, 3.8) is 0 Å². The van der Waals surface area contributed by atoms with Gasteiger partial charge in [0, 0.05) is 103 Å². The molecule has 2 saturated heterocycles. The molecular formula is C56H54Cl2F2N10O6. The highest BCUT2D eigenvalue weighted by Gasteiger charge is 2.38. The van der Waals surface area contributed by atoms with E-state index in [-0.39, 0.29) is 66.1 Å². The molecule has 8 aromatic rings. The van der Waals surface area contributed by atoms with Crippen molar-refractivity contribution < 1.29 is 27.9 Å². The van der Waals surface area contributed by atoms with E-state index in [0.717, 1.165) is 16.8 Å². The molecule has 2 aliphatic heterocycles. The molecule has 16 nitrogen and oxygen atoms in total. The number of hydrogen-bond donors (Lipinski definition) is 1. The number of rotatable bonds is 12. The minimum Gasteiger partial charge on any atom is -0.444 e. The number of alkyl carbamates (subject to hydrolysis) is 1. The summed E-state index contributed by atoms with van der Waals surface area (Å²) in [6.07, 6.45) is 7.77. The van der Waals surface area contributed by atoms with Crippen LogP contribution in [-0.2, 0) is 41.3 Å². The van der Waals surface area contributed by atoms with Crippen molar-refractivity contribution in [2.24, 2.45) is 19.1 Å². The molecule has 10 rings (SSSR count). The summed E-state index contributed by atoms with van der Waals surface area (Å²) in [6, 6.07) is 27.3. The van der Waals surface area contributed by atoms with Crippen molar-refractivity contribution in [3.8, 4) is 0 Å².